The van der Waals surface area contributed by atoms with E-state index in [2.05, 4.69) is 15.5 Å². The van der Waals surface area contributed by atoms with Crippen molar-refractivity contribution in [3.63, 3.8) is 0 Å². The number of carbonyl (C=O) groups excluding carboxylic acids is 2. The Morgan fingerprint density at radius 3 is 2.73 bits per heavy atom. The average Bonchev–Trinajstić information content (AvgIpc) is 3.23. The highest BCUT2D eigenvalue weighted by Gasteiger charge is 2.57. The number of anilines is 1. The van der Waals surface area contributed by atoms with Crippen molar-refractivity contribution in [2.24, 2.45) is 5.16 Å². The highest BCUT2D eigenvalue weighted by atomic mass is 32.2. The third-order valence-electron chi connectivity index (χ3n) is 4.69. The molecule has 2 aromatic rings. The van der Waals surface area contributed by atoms with E-state index in [4.69, 9.17) is 29.6 Å². The predicted octanol–water partition coefficient (Wildman–Crippen LogP) is 1.68. The lowest BCUT2D eigenvalue weighted by Gasteiger charge is -2.50. The van der Waals surface area contributed by atoms with E-state index in [1.54, 1.807) is 43.5 Å². The second kappa shape index (κ2) is 10.6. The van der Waals surface area contributed by atoms with Crippen molar-refractivity contribution in [3.8, 4) is 5.75 Å². The van der Waals surface area contributed by atoms with Crippen molar-refractivity contribution in [3.05, 3.63) is 40.9 Å². The second-order valence-corrected chi connectivity index (χ2v) is 8.44. The lowest BCUT2D eigenvalue weighted by molar-refractivity contribution is -0.214. The molecule has 0 saturated carbocycles. The van der Waals surface area contributed by atoms with Crippen LogP contribution in [0, 0.1) is 5.41 Å². The molecule has 1 saturated heterocycles. The first-order valence-corrected chi connectivity index (χ1v) is 11.1. The number of aromatic nitrogens is 1. The molecule has 2 amide bonds. The standard InChI is InChI=1S/C19H22N6O6S2/c1-19(2)15(17(27)25(19)31-33-28)23-16(26)14(13-10-32-18(21)22-13)24-30-8-7-29-12-5-3-11(9-20)4-6-12/h3-6,9-10,15,20,28H,7-8H2,1-2H3,(H2,21,22)(H,23,26)/b20-9?,24-14-. The second-order valence-electron chi connectivity index (χ2n) is 7.25. The number of carbonyl (C=O) groups is 2. The Balaban J connectivity index is 1.62. The predicted molar refractivity (Wildman–Crippen MR) is 123 cm³/mol. The fourth-order valence-corrected chi connectivity index (χ4v) is 3.81. The van der Waals surface area contributed by atoms with Crippen LogP contribution in [0.3, 0.4) is 0 Å². The summed E-state index contributed by atoms with van der Waals surface area (Å²) in [5.41, 5.74) is 5.56. The fraction of sp³-hybridized carbons (Fsp3) is 0.316. The third-order valence-corrected chi connectivity index (χ3v) is 5.58. The van der Waals surface area contributed by atoms with Gasteiger partial charge in [0.1, 0.15) is 24.1 Å². The van der Waals surface area contributed by atoms with Gasteiger partial charge in [0, 0.05) is 11.6 Å². The molecule has 1 aromatic carbocycles. The number of rotatable bonds is 11. The zero-order valence-electron chi connectivity index (χ0n) is 17.7. The average molecular weight is 495 g/mol. The van der Waals surface area contributed by atoms with E-state index in [9.17, 15) is 9.59 Å². The van der Waals surface area contributed by atoms with Crippen LogP contribution in [0.1, 0.15) is 25.1 Å². The first kappa shape index (κ1) is 24.4. The molecule has 33 heavy (non-hydrogen) atoms. The molecule has 1 aliphatic heterocycles. The van der Waals surface area contributed by atoms with Crippen molar-refractivity contribution >= 4 is 52.5 Å². The van der Waals surface area contributed by atoms with Crippen LogP contribution >= 0.6 is 23.7 Å². The van der Waals surface area contributed by atoms with Gasteiger partial charge in [-0.25, -0.2) is 4.98 Å². The van der Waals surface area contributed by atoms with Crippen LogP contribution in [0.2, 0.25) is 0 Å². The number of oxime groups is 1. The summed E-state index contributed by atoms with van der Waals surface area (Å²) in [6, 6.07) is 6.02. The zero-order chi connectivity index (χ0) is 24.0. The molecule has 2 heterocycles. The van der Waals surface area contributed by atoms with Gasteiger partial charge in [0.15, 0.2) is 29.8 Å². The van der Waals surface area contributed by atoms with Gasteiger partial charge in [-0.3, -0.25) is 9.59 Å². The lowest BCUT2D eigenvalue weighted by atomic mass is 9.84. The minimum absolute atomic E-state index is 0.0336. The normalized spacial score (nSPS) is 17.3. The summed E-state index contributed by atoms with van der Waals surface area (Å²) < 4.78 is 19.2. The number of ether oxygens (including phenoxy) is 1. The minimum atomic E-state index is -0.911. The summed E-state index contributed by atoms with van der Waals surface area (Å²) in [5, 5.41) is 16.4. The molecule has 0 radical (unpaired) electrons. The molecule has 176 valence electrons. The summed E-state index contributed by atoms with van der Waals surface area (Å²) in [7, 11) is 0. The van der Waals surface area contributed by atoms with Gasteiger partial charge in [-0.1, -0.05) is 5.16 Å². The van der Waals surface area contributed by atoms with Crippen molar-refractivity contribution in [2.45, 2.75) is 25.4 Å². The van der Waals surface area contributed by atoms with E-state index in [0.717, 1.165) is 22.0 Å². The van der Waals surface area contributed by atoms with Crippen LogP contribution in [0.4, 0.5) is 5.13 Å². The largest absolute Gasteiger partial charge is 0.490 e. The van der Waals surface area contributed by atoms with E-state index < -0.39 is 23.4 Å². The zero-order valence-corrected chi connectivity index (χ0v) is 19.3. The van der Waals surface area contributed by atoms with Gasteiger partial charge in [-0.2, -0.15) is 9.35 Å². The molecule has 1 unspecified atom stereocenters. The van der Waals surface area contributed by atoms with E-state index in [1.807, 2.05) is 0 Å². The molecule has 0 bridgehead atoms. The summed E-state index contributed by atoms with van der Waals surface area (Å²) in [5.74, 6) is -0.626. The molecule has 3 rings (SSSR count). The van der Waals surface area contributed by atoms with Crippen molar-refractivity contribution in [2.75, 3.05) is 18.9 Å². The highest BCUT2D eigenvalue weighted by Crippen LogP contribution is 2.33. The van der Waals surface area contributed by atoms with Gasteiger partial charge < -0.3 is 30.6 Å². The van der Waals surface area contributed by atoms with E-state index >= 15 is 0 Å². The quantitative estimate of drug-likeness (QED) is 0.119. The Bertz CT molecular complexity index is 1040. The highest BCUT2D eigenvalue weighted by molar-refractivity contribution is 7.88. The molecule has 0 aliphatic carbocycles. The maximum atomic E-state index is 12.9. The molecule has 14 heteroatoms. The van der Waals surface area contributed by atoms with E-state index in [1.165, 1.54) is 6.21 Å². The van der Waals surface area contributed by atoms with Gasteiger partial charge in [0.2, 0.25) is 0 Å². The number of nitrogens with zero attached hydrogens (tertiary/aromatic N) is 3. The molecule has 1 fully saturated rings. The molecule has 0 spiro atoms. The van der Waals surface area contributed by atoms with Crippen molar-refractivity contribution in [1.82, 2.24) is 15.4 Å². The molecule has 1 atom stereocenters. The molecular weight excluding hydrogens is 472 g/mol. The SMILES string of the molecule is CC1(C)C(NC(=O)/C(=N\OCCOc2ccc(C=N)cc2)c2csc(N)n2)C(=O)N1OSO. The summed E-state index contributed by atoms with van der Waals surface area (Å²) in [4.78, 5) is 34.5. The number of hydroxylamine groups is 2. The Hall–Kier alpha value is -3.20. The maximum absolute atomic E-state index is 12.9. The smallest absolute Gasteiger partial charge is 0.276 e. The van der Waals surface area contributed by atoms with Gasteiger partial charge in [0.05, 0.1) is 5.54 Å². The number of nitrogens with two attached hydrogens (primary N) is 1. The van der Waals surface area contributed by atoms with Crippen LogP contribution in [-0.2, 0) is 18.7 Å². The number of nitrogens with one attached hydrogen (secondary N) is 2. The van der Waals surface area contributed by atoms with Crippen LogP contribution < -0.4 is 15.8 Å². The molecule has 1 aliphatic rings. The topological polar surface area (TPSA) is 172 Å². The number of thiazole rings is 1. The van der Waals surface area contributed by atoms with E-state index in [-0.39, 0.29) is 42.1 Å². The summed E-state index contributed by atoms with van der Waals surface area (Å²) >= 11 is 1.16. The number of nitrogen functional groups attached to an aromatic ring is 1. The maximum Gasteiger partial charge on any atom is 0.276 e. The van der Waals surface area contributed by atoms with Crippen LogP contribution in [0.25, 0.3) is 0 Å². The third kappa shape index (κ3) is 5.60. The number of amides is 2. The summed E-state index contributed by atoms with van der Waals surface area (Å²) in [6.45, 7) is 3.51. The van der Waals surface area contributed by atoms with Crippen LogP contribution in [-0.4, -0.2) is 63.1 Å². The number of hydrogen-bond donors (Lipinski definition) is 4. The van der Waals surface area contributed by atoms with Crippen molar-refractivity contribution < 1.29 is 28.0 Å². The van der Waals surface area contributed by atoms with Crippen molar-refractivity contribution in [1.29, 1.82) is 5.41 Å². The Morgan fingerprint density at radius 2 is 2.15 bits per heavy atom. The van der Waals surface area contributed by atoms with Gasteiger partial charge >= 0.3 is 0 Å². The number of hydrogen-bond acceptors (Lipinski definition) is 12. The number of β-lactam (4-membered cyclic amide) rings is 1. The van der Waals surface area contributed by atoms with Gasteiger partial charge in [0.25, 0.3) is 11.8 Å². The lowest BCUT2D eigenvalue weighted by Crippen LogP contribution is -2.76. The summed E-state index contributed by atoms with van der Waals surface area (Å²) in [6.07, 6.45) is 1.23. The Kier molecular flexibility index (Phi) is 7.86. The molecule has 1 aromatic heterocycles. The van der Waals surface area contributed by atoms with Gasteiger partial charge in [-0.05, 0) is 43.7 Å². The van der Waals surface area contributed by atoms with Gasteiger partial charge in [-0.15, -0.1) is 11.3 Å². The fourth-order valence-electron chi connectivity index (χ4n) is 2.93. The molecule has 12 nitrogen and oxygen atoms in total. The first-order valence-electron chi connectivity index (χ1n) is 9.55. The van der Waals surface area contributed by atoms with Crippen LogP contribution in [0.5, 0.6) is 5.75 Å². The first-order chi connectivity index (χ1) is 15.8. The number of benzene rings is 1. The molecule has 5 N–H and O–H groups in total. The molecular formula is C19H22N6O6S2. The monoisotopic (exact) mass is 494 g/mol. The van der Waals surface area contributed by atoms with Crippen LogP contribution in [0.15, 0.2) is 34.8 Å². The minimum Gasteiger partial charge on any atom is -0.490 e. The Morgan fingerprint density at radius 1 is 1.42 bits per heavy atom. The Labute approximate surface area is 197 Å². The van der Waals surface area contributed by atoms with E-state index in [0.29, 0.717) is 5.75 Å².